The van der Waals surface area contributed by atoms with Crippen molar-refractivity contribution in [1.82, 2.24) is 15.5 Å². The van der Waals surface area contributed by atoms with Crippen molar-refractivity contribution >= 4 is 0 Å². The largest absolute Gasteiger partial charge is 0.491 e. The van der Waals surface area contributed by atoms with E-state index in [4.69, 9.17) is 9.26 Å². The summed E-state index contributed by atoms with van der Waals surface area (Å²) in [5.41, 5.74) is 2.30. The number of nitrogens with one attached hydrogen (secondary N) is 1. The van der Waals surface area contributed by atoms with Crippen LogP contribution >= 0.6 is 0 Å². The van der Waals surface area contributed by atoms with Gasteiger partial charge in [-0.3, -0.25) is 0 Å². The third-order valence-electron chi connectivity index (χ3n) is 2.94. The summed E-state index contributed by atoms with van der Waals surface area (Å²) in [5, 5.41) is 16.5. The molecule has 0 amide bonds. The maximum Gasteiger partial charge on any atom is 0.227 e. The minimum Gasteiger partial charge on any atom is -0.491 e. The van der Waals surface area contributed by atoms with Crippen LogP contribution < -0.4 is 10.1 Å². The molecule has 114 valence electrons. The lowest BCUT2D eigenvalue weighted by atomic mass is 10.1. The van der Waals surface area contributed by atoms with Gasteiger partial charge in [-0.15, -0.1) is 0 Å². The predicted octanol–water partition coefficient (Wildman–Crippen LogP) is 1.26. The second kappa shape index (κ2) is 7.75. The lowest BCUT2D eigenvalue weighted by Crippen LogP contribution is -2.32. The van der Waals surface area contributed by atoms with Gasteiger partial charge in [0.25, 0.3) is 0 Å². The molecule has 0 aliphatic carbocycles. The normalized spacial score (nSPS) is 12.3. The first-order chi connectivity index (χ1) is 10.1. The molecule has 1 aromatic carbocycles. The predicted molar refractivity (Wildman–Crippen MR) is 78.3 cm³/mol. The Morgan fingerprint density at radius 2 is 2.05 bits per heavy atom. The molecule has 0 spiro atoms. The van der Waals surface area contributed by atoms with E-state index >= 15 is 0 Å². The van der Waals surface area contributed by atoms with Crippen LogP contribution in [0.4, 0.5) is 0 Å². The van der Waals surface area contributed by atoms with E-state index < -0.39 is 6.10 Å². The second-order valence-corrected chi connectivity index (χ2v) is 5.08. The number of benzene rings is 1. The first-order valence-electron chi connectivity index (χ1n) is 6.99. The summed E-state index contributed by atoms with van der Waals surface area (Å²) in [6, 6.07) is 6.01. The zero-order valence-corrected chi connectivity index (χ0v) is 12.4. The van der Waals surface area contributed by atoms with Crippen molar-refractivity contribution in [3.8, 4) is 5.75 Å². The Hall–Kier alpha value is -1.92. The highest BCUT2D eigenvalue weighted by atomic mass is 16.5. The lowest BCUT2D eigenvalue weighted by molar-refractivity contribution is 0.106. The minimum absolute atomic E-state index is 0.260. The highest BCUT2D eigenvalue weighted by molar-refractivity contribution is 5.32. The van der Waals surface area contributed by atoms with Crippen molar-refractivity contribution in [2.24, 2.45) is 0 Å². The van der Waals surface area contributed by atoms with E-state index in [-0.39, 0.29) is 6.61 Å². The number of hydrogen-bond donors (Lipinski definition) is 2. The summed E-state index contributed by atoms with van der Waals surface area (Å²) in [4.78, 5) is 3.92. The first kappa shape index (κ1) is 15.5. The second-order valence-electron chi connectivity index (χ2n) is 5.08. The molecule has 0 aliphatic rings. The van der Waals surface area contributed by atoms with Gasteiger partial charge in [0.2, 0.25) is 5.89 Å². The van der Waals surface area contributed by atoms with Crippen molar-refractivity contribution in [1.29, 1.82) is 0 Å². The molecule has 0 bridgehead atoms. The van der Waals surface area contributed by atoms with E-state index in [0.717, 1.165) is 16.9 Å². The van der Waals surface area contributed by atoms with Crippen LogP contribution in [-0.2, 0) is 6.42 Å². The summed E-state index contributed by atoms with van der Waals surface area (Å²) < 4.78 is 10.5. The molecule has 2 rings (SSSR count). The van der Waals surface area contributed by atoms with Crippen LogP contribution in [0.15, 0.2) is 29.0 Å². The van der Waals surface area contributed by atoms with Gasteiger partial charge in [-0.25, -0.2) is 0 Å². The van der Waals surface area contributed by atoms with Crippen molar-refractivity contribution < 1.29 is 14.4 Å². The molecule has 1 heterocycles. The topological polar surface area (TPSA) is 80.4 Å². The Balaban J connectivity index is 1.64. The minimum atomic E-state index is -0.562. The maximum absolute atomic E-state index is 9.87. The highest BCUT2D eigenvalue weighted by Gasteiger charge is 2.06. The summed E-state index contributed by atoms with van der Waals surface area (Å²) >= 11 is 0. The molecular weight excluding hydrogens is 270 g/mol. The molecule has 0 aliphatic heterocycles. The van der Waals surface area contributed by atoms with Crippen LogP contribution in [0.25, 0.3) is 0 Å². The highest BCUT2D eigenvalue weighted by Crippen LogP contribution is 2.16. The van der Waals surface area contributed by atoms with Crippen molar-refractivity contribution in [2.45, 2.75) is 26.4 Å². The quantitative estimate of drug-likeness (QED) is 0.713. The number of aromatic nitrogens is 2. The Morgan fingerprint density at radius 1 is 1.29 bits per heavy atom. The third kappa shape index (κ3) is 5.53. The SMILES string of the molecule is Cc1cc(C)cc(OCC(O)CNCCc2ncno2)c1. The number of aliphatic hydroxyl groups excluding tert-OH is 1. The van der Waals surface area contributed by atoms with Crippen LogP contribution in [0.3, 0.4) is 0 Å². The summed E-state index contributed by atoms with van der Waals surface area (Å²) in [6.45, 7) is 5.43. The van der Waals surface area contributed by atoms with Gasteiger partial charge in [0.05, 0.1) is 0 Å². The van der Waals surface area contributed by atoms with Crippen LogP contribution in [-0.4, -0.2) is 41.0 Å². The van der Waals surface area contributed by atoms with Crippen molar-refractivity contribution in [3.63, 3.8) is 0 Å². The number of aliphatic hydroxyl groups is 1. The number of ether oxygens (including phenoxy) is 1. The smallest absolute Gasteiger partial charge is 0.227 e. The van der Waals surface area contributed by atoms with Gasteiger partial charge in [0.1, 0.15) is 18.5 Å². The van der Waals surface area contributed by atoms with Crippen molar-refractivity contribution in [2.75, 3.05) is 19.7 Å². The molecule has 0 saturated carbocycles. The Morgan fingerprint density at radius 3 is 2.71 bits per heavy atom. The molecule has 2 aromatic rings. The van der Waals surface area contributed by atoms with Gasteiger partial charge < -0.3 is 19.7 Å². The fourth-order valence-corrected chi connectivity index (χ4v) is 2.04. The van der Waals surface area contributed by atoms with E-state index in [1.807, 2.05) is 26.0 Å². The third-order valence-corrected chi connectivity index (χ3v) is 2.94. The molecule has 0 saturated heterocycles. The van der Waals surface area contributed by atoms with Crippen LogP contribution in [0.2, 0.25) is 0 Å². The van der Waals surface area contributed by atoms with Gasteiger partial charge in [-0.05, 0) is 37.1 Å². The standard InChI is InChI=1S/C15H21N3O3/c1-11-5-12(2)7-14(6-11)20-9-13(19)8-16-4-3-15-17-10-18-21-15/h5-7,10,13,16,19H,3-4,8-9H2,1-2H3. The van der Waals surface area contributed by atoms with Gasteiger partial charge in [0, 0.05) is 19.5 Å². The number of hydrogen-bond acceptors (Lipinski definition) is 6. The molecule has 0 radical (unpaired) electrons. The Bertz CT molecular complexity index is 523. The molecule has 2 N–H and O–H groups in total. The summed E-state index contributed by atoms with van der Waals surface area (Å²) in [6.07, 6.45) is 1.46. The fourth-order valence-electron chi connectivity index (χ4n) is 2.04. The molecule has 21 heavy (non-hydrogen) atoms. The van der Waals surface area contributed by atoms with Gasteiger partial charge in [-0.1, -0.05) is 11.2 Å². The zero-order chi connectivity index (χ0) is 15.1. The molecule has 6 nitrogen and oxygen atoms in total. The lowest BCUT2D eigenvalue weighted by Gasteiger charge is -2.13. The van der Waals surface area contributed by atoms with E-state index in [1.165, 1.54) is 6.33 Å². The summed E-state index contributed by atoms with van der Waals surface area (Å²) in [5.74, 6) is 1.38. The average Bonchev–Trinajstić information content (AvgIpc) is 2.93. The van der Waals surface area contributed by atoms with Gasteiger partial charge in [0.15, 0.2) is 6.33 Å². The van der Waals surface area contributed by atoms with E-state index in [9.17, 15) is 5.11 Å². The van der Waals surface area contributed by atoms with Crippen LogP contribution in [0.5, 0.6) is 5.75 Å². The van der Waals surface area contributed by atoms with Gasteiger partial charge >= 0.3 is 0 Å². The fraction of sp³-hybridized carbons (Fsp3) is 0.467. The molecular formula is C15H21N3O3. The Kier molecular flexibility index (Phi) is 5.71. The molecule has 1 unspecified atom stereocenters. The number of nitrogens with zero attached hydrogens (tertiary/aromatic N) is 2. The maximum atomic E-state index is 9.87. The number of rotatable bonds is 8. The monoisotopic (exact) mass is 291 g/mol. The van der Waals surface area contributed by atoms with E-state index in [1.54, 1.807) is 0 Å². The molecule has 0 fully saturated rings. The first-order valence-corrected chi connectivity index (χ1v) is 6.99. The molecule has 6 heteroatoms. The van der Waals surface area contributed by atoms with Crippen molar-refractivity contribution in [3.05, 3.63) is 41.5 Å². The van der Waals surface area contributed by atoms with E-state index in [0.29, 0.717) is 25.4 Å². The van der Waals surface area contributed by atoms with Crippen LogP contribution in [0.1, 0.15) is 17.0 Å². The molecule has 1 aromatic heterocycles. The Labute approximate surface area is 124 Å². The van der Waals surface area contributed by atoms with E-state index in [2.05, 4.69) is 21.5 Å². The zero-order valence-electron chi connectivity index (χ0n) is 12.4. The summed E-state index contributed by atoms with van der Waals surface area (Å²) in [7, 11) is 0. The van der Waals surface area contributed by atoms with Gasteiger partial charge in [-0.2, -0.15) is 4.98 Å². The number of aryl methyl sites for hydroxylation is 2. The molecule has 1 atom stereocenters. The van der Waals surface area contributed by atoms with Crippen LogP contribution in [0, 0.1) is 13.8 Å². The average molecular weight is 291 g/mol.